The summed E-state index contributed by atoms with van der Waals surface area (Å²) in [5, 5.41) is 19.7. The molecule has 0 aromatic heterocycles. The fourth-order valence-electron chi connectivity index (χ4n) is 1.76. The Morgan fingerprint density at radius 1 is 0.750 bits per heavy atom. The molecule has 0 saturated carbocycles. The van der Waals surface area contributed by atoms with Gasteiger partial charge in [-0.1, -0.05) is 48.5 Å². The van der Waals surface area contributed by atoms with Crippen LogP contribution < -0.4 is 0 Å². The predicted octanol–water partition coefficient (Wildman–Crippen LogP) is 3.93. The first-order chi connectivity index (χ1) is 9.66. The van der Waals surface area contributed by atoms with Crippen molar-refractivity contribution in [3.63, 3.8) is 0 Å². The van der Waals surface area contributed by atoms with Gasteiger partial charge in [-0.15, -0.1) is 0 Å². The quantitative estimate of drug-likeness (QED) is 0.701. The Kier molecular flexibility index (Phi) is 4.35. The molecule has 0 fully saturated rings. The van der Waals surface area contributed by atoms with Gasteiger partial charge < -0.3 is 10.2 Å². The summed E-state index contributed by atoms with van der Waals surface area (Å²) in [5.41, 5.74) is 0.331. The van der Waals surface area contributed by atoms with Crippen molar-refractivity contribution >= 4 is 16.7 Å². The lowest BCUT2D eigenvalue weighted by molar-refractivity contribution is 0.0697. The lowest BCUT2D eigenvalue weighted by atomic mass is 10.1. The van der Waals surface area contributed by atoms with Crippen LogP contribution in [0.5, 0.6) is 5.75 Å². The number of phenolic OH excluding ortho intramolecular Hbond substituents is 1. The zero-order valence-corrected chi connectivity index (χ0v) is 10.7. The van der Waals surface area contributed by atoms with Crippen molar-refractivity contribution < 1.29 is 15.0 Å². The summed E-state index contributed by atoms with van der Waals surface area (Å²) in [6.07, 6.45) is 0. The summed E-state index contributed by atoms with van der Waals surface area (Å²) in [5.74, 6) is -0.556. The van der Waals surface area contributed by atoms with Gasteiger partial charge in [-0.05, 0) is 35.0 Å². The minimum absolute atomic E-state index is 0.323. The molecule has 0 bridgehead atoms. The van der Waals surface area contributed by atoms with E-state index in [4.69, 9.17) is 10.2 Å². The van der Waals surface area contributed by atoms with Crippen molar-refractivity contribution in [3.05, 3.63) is 78.4 Å². The SMILES string of the molecule is O=C(O)c1ccccc1.Oc1ccc2ccccc2c1. The van der Waals surface area contributed by atoms with Gasteiger partial charge in [-0.3, -0.25) is 0 Å². The van der Waals surface area contributed by atoms with Crippen LogP contribution >= 0.6 is 0 Å². The van der Waals surface area contributed by atoms with E-state index in [9.17, 15) is 4.79 Å². The molecule has 0 radical (unpaired) electrons. The van der Waals surface area contributed by atoms with E-state index < -0.39 is 5.97 Å². The maximum Gasteiger partial charge on any atom is 0.335 e. The number of fused-ring (bicyclic) bond motifs is 1. The van der Waals surface area contributed by atoms with Gasteiger partial charge in [0.25, 0.3) is 0 Å². The molecule has 0 spiro atoms. The first kappa shape index (κ1) is 13.6. The molecule has 20 heavy (non-hydrogen) atoms. The van der Waals surface area contributed by atoms with Gasteiger partial charge in [-0.25, -0.2) is 4.79 Å². The summed E-state index contributed by atoms with van der Waals surface area (Å²) in [6.45, 7) is 0. The van der Waals surface area contributed by atoms with E-state index >= 15 is 0 Å². The standard InChI is InChI=1S/C10H8O.C7H6O2/c11-10-6-5-8-3-1-2-4-9(8)7-10;8-7(9)6-4-2-1-3-5-6/h1-7,11H;1-5H,(H,8,9). The van der Waals surface area contributed by atoms with E-state index in [-0.39, 0.29) is 0 Å². The molecule has 0 aliphatic rings. The maximum absolute atomic E-state index is 10.2. The first-order valence-electron chi connectivity index (χ1n) is 6.13. The van der Waals surface area contributed by atoms with E-state index in [1.165, 1.54) is 0 Å². The molecule has 0 aliphatic heterocycles. The number of aromatic hydroxyl groups is 1. The molecule has 3 heteroatoms. The van der Waals surface area contributed by atoms with Crippen LogP contribution in [0.2, 0.25) is 0 Å². The zero-order chi connectivity index (χ0) is 14.4. The third-order valence-corrected chi connectivity index (χ3v) is 2.75. The van der Waals surface area contributed by atoms with Crippen molar-refractivity contribution in [3.8, 4) is 5.75 Å². The Labute approximate surface area is 116 Å². The van der Waals surface area contributed by atoms with Crippen LogP contribution in [-0.4, -0.2) is 16.2 Å². The number of rotatable bonds is 1. The van der Waals surface area contributed by atoms with Gasteiger partial charge in [0.2, 0.25) is 0 Å². The van der Waals surface area contributed by atoms with Gasteiger partial charge in [0.1, 0.15) is 5.75 Å². The summed E-state index contributed by atoms with van der Waals surface area (Å²) >= 11 is 0. The summed E-state index contributed by atoms with van der Waals surface area (Å²) in [4.78, 5) is 10.2. The largest absolute Gasteiger partial charge is 0.508 e. The first-order valence-corrected chi connectivity index (χ1v) is 6.13. The summed E-state index contributed by atoms with van der Waals surface area (Å²) < 4.78 is 0. The third kappa shape index (κ3) is 3.59. The molecule has 0 unspecified atom stereocenters. The van der Waals surface area contributed by atoms with E-state index in [1.54, 1.807) is 42.5 Å². The van der Waals surface area contributed by atoms with Crippen LogP contribution in [0.4, 0.5) is 0 Å². The lowest BCUT2D eigenvalue weighted by Crippen LogP contribution is -1.93. The molecule has 0 saturated heterocycles. The van der Waals surface area contributed by atoms with Crippen molar-refractivity contribution in [2.75, 3.05) is 0 Å². The zero-order valence-electron chi connectivity index (χ0n) is 10.7. The normalized spacial score (nSPS) is 9.60. The minimum Gasteiger partial charge on any atom is -0.508 e. The molecular weight excluding hydrogens is 252 g/mol. The highest BCUT2D eigenvalue weighted by Gasteiger charge is 1.96. The van der Waals surface area contributed by atoms with Crippen molar-refractivity contribution in [1.29, 1.82) is 0 Å². The van der Waals surface area contributed by atoms with E-state index in [0.29, 0.717) is 11.3 Å². The Balaban J connectivity index is 0.000000151. The predicted molar refractivity (Wildman–Crippen MR) is 79.0 cm³/mol. The second-order valence-corrected chi connectivity index (χ2v) is 4.20. The molecule has 3 aromatic carbocycles. The average Bonchev–Trinajstić information content (AvgIpc) is 2.48. The van der Waals surface area contributed by atoms with Crippen molar-refractivity contribution in [1.82, 2.24) is 0 Å². The van der Waals surface area contributed by atoms with Gasteiger partial charge >= 0.3 is 5.97 Å². The summed E-state index contributed by atoms with van der Waals surface area (Å²) in [7, 11) is 0. The minimum atomic E-state index is -0.879. The Bertz CT molecular complexity index is 706. The molecule has 0 amide bonds. The van der Waals surface area contributed by atoms with Gasteiger partial charge in [0.15, 0.2) is 0 Å². The molecule has 100 valence electrons. The second kappa shape index (κ2) is 6.38. The highest BCUT2D eigenvalue weighted by Crippen LogP contribution is 2.18. The number of benzene rings is 3. The molecule has 3 aromatic rings. The van der Waals surface area contributed by atoms with Gasteiger partial charge in [0, 0.05) is 0 Å². The van der Waals surface area contributed by atoms with Crippen LogP contribution in [0.3, 0.4) is 0 Å². The third-order valence-electron chi connectivity index (χ3n) is 2.75. The number of carboxylic acid groups (broad SMARTS) is 1. The number of carbonyl (C=O) groups is 1. The van der Waals surface area contributed by atoms with Gasteiger partial charge in [0.05, 0.1) is 5.56 Å². The summed E-state index contributed by atoms with van der Waals surface area (Å²) in [6, 6.07) is 21.6. The van der Waals surface area contributed by atoms with E-state index in [0.717, 1.165) is 10.8 Å². The molecule has 3 rings (SSSR count). The molecule has 0 heterocycles. The number of hydrogen-bond acceptors (Lipinski definition) is 2. The maximum atomic E-state index is 10.2. The van der Waals surface area contributed by atoms with E-state index in [2.05, 4.69) is 0 Å². The lowest BCUT2D eigenvalue weighted by Gasteiger charge is -1.96. The van der Waals surface area contributed by atoms with Crippen LogP contribution in [0.25, 0.3) is 10.8 Å². The van der Waals surface area contributed by atoms with Crippen LogP contribution in [0.15, 0.2) is 72.8 Å². The van der Waals surface area contributed by atoms with Crippen LogP contribution in [-0.2, 0) is 0 Å². The Morgan fingerprint density at radius 2 is 1.35 bits per heavy atom. The molecule has 3 nitrogen and oxygen atoms in total. The number of phenols is 1. The van der Waals surface area contributed by atoms with Crippen molar-refractivity contribution in [2.45, 2.75) is 0 Å². The number of aromatic carboxylic acids is 1. The fraction of sp³-hybridized carbons (Fsp3) is 0. The highest BCUT2D eigenvalue weighted by molar-refractivity contribution is 5.87. The topological polar surface area (TPSA) is 57.5 Å². The van der Waals surface area contributed by atoms with E-state index in [1.807, 2.05) is 30.3 Å². The Morgan fingerprint density at radius 3 is 1.95 bits per heavy atom. The fourth-order valence-corrected chi connectivity index (χ4v) is 1.76. The molecule has 2 N–H and O–H groups in total. The van der Waals surface area contributed by atoms with Gasteiger partial charge in [-0.2, -0.15) is 0 Å². The van der Waals surface area contributed by atoms with Crippen LogP contribution in [0, 0.1) is 0 Å². The molecule has 0 atom stereocenters. The smallest absolute Gasteiger partial charge is 0.335 e. The monoisotopic (exact) mass is 266 g/mol. The van der Waals surface area contributed by atoms with Crippen molar-refractivity contribution in [2.24, 2.45) is 0 Å². The average molecular weight is 266 g/mol. The Hall–Kier alpha value is -2.81. The number of carboxylic acids is 1. The highest BCUT2D eigenvalue weighted by atomic mass is 16.4. The number of hydrogen-bond donors (Lipinski definition) is 2. The second-order valence-electron chi connectivity index (χ2n) is 4.20. The molecular formula is C17H14O3. The molecule has 0 aliphatic carbocycles. The van der Waals surface area contributed by atoms with Crippen LogP contribution in [0.1, 0.15) is 10.4 Å².